The van der Waals surface area contributed by atoms with Crippen LogP contribution in [0.5, 0.6) is 0 Å². The molecule has 1 spiro atoms. The van der Waals surface area contributed by atoms with Gasteiger partial charge in [-0.15, -0.1) is 11.3 Å². The number of hydrogen-bond acceptors (Lipinski definition) is 2. The summed E-state index contributed by atoms with van der Waals surface area (Å²) < 4.78 is 0. The Bertz CT molecular complexity index is 390. The molecule has 0 amide bonds. The lowest BCUT2D eigenvalue weighted by Crippen LogP contribution is -2.53. The van der Waals surface area contributed by atoms with E-state index in [-0.39, 0.29) is 0 Å². The molecule has 0 bridgehead atoms. The molecule has 1 unspecified atom stereocenters. The van der Waals surface area contributed by atoms with Crippen LogP contribution in [0.2, 0.25) is 0 Å². The van der Waals surface area contributed by atoms with Crippen molar-refractivity contribution in [2.75, 3.05) is 0 Å². The van der Waals surface area contributed by atoms with E-state index in [1.54, 1.807) is 10.4 Å². The molecule has 100 valence electrons. The molecule has 1 N–H and O–H groups in total. The van der Waals surface area contributed by atoms with Crippen molar-refractivity contribution in [2.24, 2.45) is 5.41 Å². The summed E-state index contributed by atoms with van der Waals surface area (Å²) in [4.78, 5) is 1.57. The number of rotatable bonds is 4. The molecule has 0 aromatic carbocycles. The summed E-state index contributed by atoms with van der Waals surface area (Å²) in [5.41, 5.74) is 2.24. The molecule has 18 heavy (non-hydrogen) atoms. The van der Waals surface area contributed by atoms with Crippen LogP contribution in [-0.4, -0.2) is 6.04 Å². The fourth-order valence-electron chi connectivity index (χ4n) is 3.92. The van der Waals surface area contributed by atoms with Gasteiger partial charge in [0.05, 0.1) is 0 Å². The monoisotopic (exact) mass is 263 g/mol. The number of aryl methyl sites for hydroxylation is 1. The lowest BCUT2D eigenvalue weighted by molar-refractivity contribution is 0.0223. The maximum atomic E-state index is 3.87. The molecule has 2 saturated carbocycles. The molecular weight excluding hydrogens is 238 g/mol. The molecule has 3 rings (SSSR count). The van der Waals surface area contributed by atoms with E-state index in [1.807, 2.05) is 11.3 Å². The Hall–Kier alpha value is -0.340. The Morgan fingerprint density at radius 1 is 1.28 bits per heavy atom. The molecule has 1 atom stereocenters. The SMILES string of the molecule is CCc1ccsc1CNC1CCC12CCCCC2. The molecule has 2 aliphatic rings. The minimum absolute atomic E-state index is 0.696. The summed E-state index contributed by atoms with van der Waals surface area (Å²) in [5, 5.41) is 6.11. The normalized spacial score (nSPS) is 26.2. The largest absolute Gasteiger partial charge is 0.309 e. The summed E-state index contributed by atoms with van der Waals surface area (Å²) in [6, 6.07) is 3.10. The molecule has 0 saturated heterocycles. The molecule has 1 heterocycles. The lowest BCUT2D eigenvalue weighted by Gasteiger charge is -2.52. The first kappa shape index (κ1) is 12.7. The van der Waals surface area contributed by atoms with Crippen LogP contribution in [0.4, 0.5) is 0 Å². The third-order valence-corrected chi connectivity index (χ3v) is 6.21. The van der Waals surface area contributed by atoms with Crippen molar-refractivity contribution in [1.82, 2.24) is 5.32 Å². The van der Waals surface area contributed by atoms with Crippen molar-refractivity contribution in [3.63, 3.8) is 0 Å². The fourth-order valence-corrected chi connectivity index (χ4v) is 4.85. The van der Waals surface area contributed by atoms with Crippen LogP contribution in [0.3, 0.4) is 0 Å². The zero-order chi connectivity index (χ0) is 12.4. The van der Waals surface area contributed by atoms with Crippen molar-refractivity contribution in [2.45, 2.75) is 70.9 Å². The lowest BCUT2D eigenvalue weighted by atomic mass is 9.57. The molecular formula is C16H25NS. The average molecular weight is 263 g/mol. The molecule has 1 nitrogen and oxygen atoms in total. The van der Waals surface area contributed by atoms with E-state index in [0.29, 0.717) is 5.41 Å². The van der Waals surface area contributed by atoms with Crippen molar-refractivity contribution >= 4 is 11.3 Å². The molecule has 2 heteroatoms. The predicted octanol–water partition coefficient (Wildman–Crippen LogP) is 4.51. The topological polar surface area (TPSA) is 12.0 Å². The van der Waals surface area contributed by atoms with Crippen molar-refractivity contribution in [1.29, 1.82) is 0 Å². The van der Waals surface area contributed by atoms with Gasteiger partial charge in [-0.25, -0.2) is 0 Å². The number of hydrogen-bond donors (Lipinski definition) is 1. The van der Waals surface area contributed by atoms with Gasteiger partial charge in [-0.3, -0.25) is 0 Å². The zero-order valence-corrected chi connectivity index (χ0v) is 12.3. The second-order valence-corrected chi connectivity index (χ2v) is 7.12. The first-order valence-corrected chi connectivity index (χ1v) is 8.51. The number of nitrogens with one attached hydrogen (secondary N) is 1. The maximum Gasteiger partial charge on any atom is 0.0305 e. The van der Waals surface area contributed by atoms with Crippen molar-refractivity contribution in [3.05, 3.63) is 21.9 Å². The molecule has 1 aromatic heterocycles. The highest BCUT2D eigenvalue weighted by Crippen LogP contribution is 2.51. The van der Waals surface area contributed by atoms with Gasteiger partial charge in [0, 0.05) is 17.5 Å². The van der Waals surface area contributed by atoms with Crippen LogP contribution in [0.15, 0.2) is 11.4 Å². The van der Waals surface area contributed by atoms with Gasteiger partial charge >= 0.3 is 0 Å². The highest BCUT2D eigenvalue weighted by atomic mass is 32.1. The Morgan fingerprint density at radius 2 is 2.11 bits per heavy atom. The quantitative estimate of drug-likeness (QED) is 0.842. The Labute approximate surface area is 115 Å². The van der Waals surface area contributed by atoms with Crippen LogP contribution in [0.25, 0.3) is 0 Å². The van der Waals surface area contributed by atoms with Gasteiger partial charge < -0.3 is 5.32 Å². The summed E-state index contributed by atoms with van der Waals surface area (Å²) in [7, 11) is 0. The summed E-state index contributed by atoms with van der Waals surface area (Å²) >= 11 is 1.92. The minimum atomic E-state index is 0.696. The van der Waals surface area contributed by atoms with E-state index >= 15 is 0 Å². The Balaban J connectivity index is 1.57. The van der Waals surface area contributed by atoms with Gasteiger partial charge in [-0.2, -0.15) is 0 Å². The van der Waals surface area contributed by atoms with Gasteiger partial charge in [0.1, 0.15) is 0 Å². The number of thiophene rings is 1. The minimum Gasteiger partial charge on any atom is -0.309 e. The van der Waals surface area contributed by atoms with E-state index in [9.17, 15) is 0 Å². The summed E-state index contributed by atoms with van der Waals surface area (Å²) in [5.74, 6) is 0. The van der Waals surface area contributed by atoms with Crippen LogP contribution < -0.4 is 5.32 Å². The average Bonchev–Trinajstić information content (AvgIpc) is 2.86. The van der Waals surface area contributed by atoms with Crippen LogP contribution in [0, 0.1) is 5.41 Å². The maximum absolute atomic E-state index is 3.87. The van der Waals surface area contributed by atoms with E-state index in [1.165, 1.54) is 51.4 Å². The first-order chi connectivity index (χ1) is 8.84. The van der Waals surface area contributed by atoms with Crippen molar-refractivity contribution < 1.29 is 0 Å². The van der Waals surface area contributed by atoms with Crippen LogP contribution in [-0.2, 0) is 13.0 Å². The van der Waals surface area contributed by atoms with Crippen LogP contribution >= 0.6 is 11.3 Å². The highest BCUT2D eigenvalue weighted by molar-refractivity contribution is 7.10. The van der Waals surface area contributed by atoms with Gasteiger partial charge in [0.15, 0.2) is 0 Å². The van der Waals surface area contributed by atoms with E-state index < -0.39 is 0 Å². The standard InChI is InChI=1S/C16H25NS/c1-2-13-7-11-18-14(13)12-17-15-6-10-16(15)8-4-3-5-9-16/h7,11,15,17H,2-6,8-10,12H2,1H3. The predicted molar refractivity (Wildman–Crippen MR) is 79.1 cm³/mol. The second kappa shape index (κ2) is 5.34. The van der Waals surface area contributed by atoms with Crippen LogP contribution in [0.1, 0.15) is 62.3 Å². The van der Waals surface area contributed by atoms with E-state index in [2.05, 4.69) is 23.7 Å². The summed E-state index contributed by atoms with van der Waals surface area (Å²) in [6.07, 6.45) is 11.4. The van der Waals surface area contributed by atoms with E-state index in [0.717, 1.165) is 12.6 Å². The Kier molecular flexibility index (Phi) is 3.76. The molecule has 2 aliphatic carbocycles. The molecule has 1 aromatic rings. The third kappa shape index (κ3) is 2.25. The third-order valence-electron chi connectivity index (χ3n) is 5.25. The highest BCUT2D eigenvalue weighted by Gasteiger charge is 2.46. The van der Waals surface area contributed by atoms with Crippen molar-refractivity contribution in [3.8, 4) is 0 Å². The Morgan fingerprint density at radius 3 is 2.78 bits per heavy atom. The molecule has 0 aliphatic heterocycles. The summed E-state index contributed by atoms with van der Waals surface area (Å²) in [6.45, 7) is 3.37. The molecule has 0 radical (unpaired) electrons. The smallest absolute Gasteiger partial charge is 0.0305 e. The van der Waals surface area contributed by atoms with Gasteiger partial charge in [0.2, 0.25) is 0 Å². The van der Waals surface area contributed by atoms with Gasteiger partial charge in [0.25, 0.3) is 0 Å². The molecule has 2 fully saturated rings. The fraction of sp³-hybridized carbons (Fsp3) is 0.750. The van der Waals surface area contributed by atoms with Gasteiger partial charge in [-0.05, 0) is 54.5 Å². The second-order valence-electron chi connectivity index (χ2n) is 6.12. The zero-order valence-electron chi connectivity index (χ0n) is 11.5. The van der Waals surface area contributed by atoms with E-state index in [4.69, 9.17) is 0 Å². The van der Waals surface area contributed by atoms with Gasteiger partial charge in [-0.1, -0.05) is 26.2 Å². The first-order valence-electron chi connectivity index (χ1n) is 7.63.